The largest absolute Gasteiger partial charge is 0.295 e. The lowest BCUT2D eigenvalue weighted by Gasteiger charge is -2.32. The fourth-order valence-corrected chi connectivity index (χ4v) is 5.05. The summed E-state index contributed by atoms with van der Waals surface area (Å²) in [6.07, 6.45) is 2.09. The van der Waals surface area contributed by atoms with Crippen LogP contribution in [-0.4, -0.2) is 60.9 Å². The van der Waals surface area contributed by atoms with E-state index in [1.54, 1.807) is 11.8 Å². The van der Waals surface area contributed by atoms with Crippen LogP contribution in [0.25, 0.3) is 0 Å². The number of hydrogen-bond acceptors (Lipinski definition) is 6. The summed E-state index contributed by atoms with van der Waals surface area (Å²) in [5.41, 5.74) is 2.87. The van der Waals surface area contributed by atoms with Gasteiger partial charge in [-0.15, -0.1) is 11.3 Å². The van der Waals surface area contributed by atoms with Gasteiger partial charge in [0.2, 0.25) is 15.9 Å². The second-order valence-electron chi connectivity index (χ2n) is 6.90. The predicted molar refractivity (Wildman–Crippen MR) is 112 cm³/mol. The van der Waals surface area contributed by atoms with Crippen LogP contribution in [0, 0.1) is 0 Å². The fourth-order valence-electron chi connectivity index (χ4n) is 3.36. The van der Waals surface area contributed by atoms with Crippen molar-refractivity contribution in [2.45, 2.75) is 26.8 Å². The number of nitrogens with zero attached hydrogens (tertiary/aromatic N) is 4. The zero-order chi connectivity index (χ0) is 20.3. The highest BCUT2D eigenvalue weighted by molar-refractivity contribution is 7.88. The normalized spacial score (nSPS) is 16.2. The van der Waals surface area contributed by atoms with Gasteiger partial charge in [-0.2, -0.15) is 4.31 Å². The second-order valence-corrected chi connectivity index (χ2v) is 9.72. The molecule has 0 bridgehead atoms. The van der Waals surface area contributed by atoms with E-state index in [0.29, 0.717) is 37.9 Å². The molecule has 28 heavy (non-hydrogen) atoms. The second kappa shape index (κ2) is 8.69. The maximum Gasteiger partial charge on any atom is 0.230 e. The minimum Gasteiger partial charge on any atom is -0.295 e. The Bertz CT molecular complexity index is 934. The Balaban J connectivity index is 1.73. The topological polar surface area (TPSA) is 73.8 Å². The summed E-state index contributed by atoms with van der Waals surface area (Å²) in [5, 5.41) is 2.64. The Hall–Kier alpha value is -1.81. The SMILES string of the molecule is CCc1ccccc1N(C(C)=O)c1nc(CN2CCN(S(C)(=O)=O)CC2)cs1. The Kier molecular flexibility index (Phi) is 6.49. The standard InChI is InChI=1S/C19H26N4O3S2/c1-4-16-7-5-6-8-18(16)23(15(2)24)19-20-17(14-27-19)13-21-9-11-22(12-10-21)28(3,25)26/h5-8,14H,4,9-13H2,1-3H3. The molecule has 7 nitrogen and oxygen atoms in total. The van der Waals surface area contributed by atoms with E-state index >= 15 is 0 Å². The van der Waals surface area contributed by atoms with Crippen molar-refractivity contribution in [3.63, 3.8) is 0 Å². The summed E-state index contributed by atoms with van der Waals surface area (Å²) < 4.78 is 24.8. The van der Waals surface area contributed by atoms with Crippen LogP contribution in [0.15, 0.2) is 29.6 Å². The van der Waals surface area contributed by atoms with Crippen LogP contribution in [0.4, 0.5) is 10.8 Å². The molecule has 152 valence electrons. The van der Waals surface area contributed by atoms with E-state index in [9.17, 15) is 13.2 Å². The first-order chi connectivity index (χ1) is 13.3. The molecular formula is C19H26N4O3S2. The van der Waals surface area contributed by atoms with Crippen LogP contribution in [0.3, 0.4) is 0 Å². The number of hydrogen-bond donors (Lipinski definition) is 0. The zero-order valence-corrected chi connectivity index (χ0v) is 18.1. The summed E-state index contributed by atoms with van der Waals surface area (Å²) in [7, 11) is -3.13. The van der Waals surface area contributed by atoms with Gasteiger partial charge in [-0.1, -0.05) is 25.1 Å². The van der Waals surface area contributed by atoms with Crippen LogP contribution in [0.5, 0.6) is 0 Å². The Morgan fingerprint density at radius 2 is 1.89 bits per heavy atom. The zero-order valence-electron chi connectivity index (χ0n) is 16.5. The van der Waals surface area contributed by atoms with Gasteiger partial charge in [0.05, 0.1) is 17.6 Å². The molecule has 0 spiro atoms. The van der Waals surface area contributed by atoms with Crippen molar-refractivity contribution < 1.29 is 13.2 Å². The van der Waals surface area contributed by atoms with Crippen LogP contribution >= 0.6 is 11.3 Å². The molecule has 1 amide bonds. The van der Waals surface area contributed by atoms with Crippen LogP contribution in [-0.2, 0) is 27.8 Å². The molecule has 1 aromatic heterocycles. The number of sulfonamides is 1. The molecule has 0 radical (unpaired) electrons. The summed E-state index contributed by atoms with van der Waals surface area (Å²) in [6, 6.07) is 7.89. The fraction of sp³-hybridized carbons (Fsp3) is 0.474. The number of anilines is 2. The Labute approximate surface area is 170 Å². The van der Waals surface area contributed by atoms with Crippen molar-refractivity contribution >= 4 is 38.1 Å². The average Bonchev–Trinajstić information content (AvgIpc) is 3.09. The highest BCUT2D eigenvalue weighted by atomic mass is 32.2. The number of carbonyl (C=O) groups excluding carboxylic acids is 1. The smallest absolute Gasteiger partial charge is 0.230 e. The first-order valence-electron chi connectivity index (χ1n) is 9.30. The number of rotatable bonds is 6. The van der Waals surface area contributed by atoms with Crippen LogP contribution < -0.4 is 4.90 Å². The maximum atomic E-state index is 12.4. The van der Waals surface area contributed by atoms with Crippen LogP contribution in [0.1, 0.15) is 25.1 Å². The third kappa shape index (κ3) is 4.78. The highest BCUT2D eigenvalue weighted by Gasteiger charge is 2.25. The number of thiazole rings is 1. The van der Waals surface area contributed by atoms with Gasteiger partial charge in [0, 0.05) is 45.0 Å². The number of carbonyl (C=O) groups is 1. The number of piperazine rings is 1. The van der Waals surface area contributed by atoms with Crippen molar-refractivity contribution in [1.29, 1.82) is 0 Å². The number of aryl methyl sites for hydroxylation is 1. The first-order valence-corrected chi connectivity index (χ1v) is 12.0. The molecule has 3 rings (SSSR count). The minimum absolute atomic E-state index is 0.0661. The number of aromatic nitrogens is 1. The van der Waals surface area contributed by atoms with Gasteiger partial charge < -0.3 is 0 Å². The minimum atomic E-state index is -3.13. The lowest BCUT2D eigenvalue weighted by atomic mass is 10.1. The van der Waals surface area contributed by atoms with Crippen molar-refractivity contribution in [3.8, 4) is 0 Å². The highest BCUT2D eigenvalue weighted by Crippen LogP contribution is 2.32. The molecular weight excluding hydrogens is 396 g/mol. The molecule has 0 saturated carbocycles. The maximum absolute atomic E-state index is 12.4. The molecule has 1 saturated heterocycles. The summed E-state index contributed by atoms with van der Waals surface area (Å²) in [4.78, 5) is 20.9. The Morgan fingerprint density at radius 1 is 1.21 bits per heavy atom. The molecule has 1 aliphatic rings. The molecule has 0 atom stereocenters. The summed E-state index contributed by atoms with van der Waals surface area (Å²) >= 11 is 1.45. The number of para-hydroxylation sites is 1. The third-order valence-corrected chi connectivity index (χ3v) is 7.02. The molecule has 0 unspecified atom stereocenters. The molecule has 0 N–H and O–H groups in total. The predicted octanol–water partition coefficient (Wildman–Crippen LogP) is 2.47. The van der Waals surface area contributed by atoms with Crippen molar-refractivity contribution in [2.24, 2.45) is 0 Å². The molecule has 9 heteroatoms. The van der Waals surface area contributed by atoms with Gasteiger partial charge in [-0.25, -0.2) is 13.4 Å². The van der Waals surface area contributed by atoms with Gasteiger partial charge in [-0.3, -0.25) is 14.6 Å². The third-order valence-electron chi connectivity index (χ3n) is 4.85. The summed E-state index contributed by atoms with van der Waals surface area (Å²) in [6.45, 7) is 6.62. The monoisotopic (exact) mass is 422 g/mol. The van der Waals surface area contributed by atoms with Gasteiger partial charge in [0.1, 0.15) is 0 Å². The van der Waals surface area contributed by atoms with E-state index in [1.165, 1.54) is 21.9 Å². The first kappa shape index (κ1) is 20.9. The number of amides is 1. The van der Waals surface area contributed by atoms with Gasteiger partial charge in [0.25, 0.3) is 0 Å². The van der Waals surface area contributed by atoms with Crippen molar-refractivity contribution in [2.75, 3.05) is 37.3 Å². The van der Waals surface area contributed by atoms with E-state index in [1.807, 2.05) is 29.6 Å². The lowest BCUT2D eigenvalue weighted by molar-refractivity contribution is -0.115. The van der Waals surface area contributed by atoms with Gasteiger partial charge in [-0.05, 0) is 18.1 Å². The molecule has 1 fully saturated rings. The van der Waals surface area contributed by atoms with E-state index in [4.69, 9.17) is 4.98 Å². The van der Waals surface area contributed by atoms with Crippen molar-refractivity contribution in [1.82, 2.24) is 14.2 Å². The van der Waals surface area contributed by atoms with Crippen LogP contribution in [0.2, 0.25) is 0 Å². The summed E-state index contributed by atoms with van der Waals surface area (Å²) in [5.74, 6) is -0.0661. The van der Waals surface area contributed by atoms with E-state index in [0.717, 1.165) is 23.4 Å². The molecule has 1 aliphatic heterocycles. The van der Waals surface area contributed by atoms with Crippen molar-refractivity contribution in [3.05, 3.63) is 40.9 Å². The molecule has 2 aromatic rings. The van der Waals surface area contributed by atoms with E-state index < -0.39 is 10.0 Å². The van der Waals surface area contributed by atoms with Gasteiger partial charge >= 0.3 is 0 Å². The molecule has 1 aromatic carbocycles. The van der Waals surface area contributed by atoms with E-state index in [-0.39, 0.29) is 5.91 Å². The lowest BCUT2D eigenvalue weighted by Crippen LogP contribution is -2.47. The van der Waals surface area contributed by atoms with Gasteiger partial charge in [0.15, 0.2) is 5.13 Å². The number of benzene rings is 1. The molecule has 0 aliphatic carbocycles. The molecule has 2 heterocycles. The Morgan fingerprint density at radius 3 is 2.50 bits per heavy atom. The average molecular weight is 423 g/mol. The quantitative estimate of drug-likeness (QED) is 0.715. The van der Waals surface area contributed by atoms with E-state index in [2.05, 4.69) is 11.8 Å².